The molecule has 0 aliphatic carbocycles. The Balaban J connectivity index is 8.97. The number of carbonyl (C=O) groups excluding carboxylic acids is 6. The van der Waals surface area contributed by atoms with Crippen molar-refractivity contribution in [3.8, 4) is 0 Å². The van der Waals surface area contributed by atoms with Crippen molar-refractivity contribution >= 4 is 36.6 Å². The summed E-state index contributed by atoms with van der Waals surface area (Å²) in [5.74, 6) is -2.98. The van der Waals surface area contributed by atoms with Gasteiger partial charge >= 0.3 is 36.6 Å². The highest BCUT2D eigenvalue weighted by Gasteiger charge is 2.59. The van der Waals surface area contributed by atoms with E-state index < -0.39 is 88.0 Å². The van der Waals surface area contributed by atoms with Gasteiger partial charge in [-0.2, -0.15) is 0 Å². The van der Waals surface area contributed by atoms with Crippen LogP contribution in [0.5, 0.6) is 0 Å². The number of hydrogen-bond donors (Lipinski definition) is 0. The molecular formula is C55H106N6O12. The third-order valence-electron chi connectivity index (χ3n) is 10.9. The Morgan fingerprint density at radius 2 is 0.781 bits per heavy atom. The number of carbonyl (C=O) groups is 6. The van der Waals surface area contributed by atoms with Gasteiger partial charge in [0.25, 0.3) is 0 Å². The zero-order valence-electron chi connectivity index (χ0n) is 50.6. The van der Waals surface area contributed by atoms with Crippen LogP contribution in [0.2, 0.25) is 0 Å². The third-order valence-corrected chi connectivity index (χ3v) is 10.9. The molecular weight excluding hydrogens is 937 g/mol. The number of hydrogen-bond acceptors (Lipinski definition) is 12. The van der Waals surface area contributed by atoms with Gasteiger partial charge in [-0.1, -0.05) is 59.8 Å². The first-order valence-corrected chi connectivity index (χ1v) is 27.0. The van der Waals surface area contributed by atoms with Crippen LogP contribution in [0.4, 0.5) is 28.8 Å². The van der Waals surface area contributed by atoms with Crippen molar-refractivity contribution < 1.29 is 57.2 Å². The molecule has 73 heavy (non-hydrogen) atoms. The van der Waals surface area contributed by atoms with Gasteiger partial charge in [0.05, 0.1) is 0 Å². The van der Waals surface area contributed by atoms with E-state index in [0.717, 1.165) is 19.3 Å². The molecule has 0 spiro atoms. The Hall–Kier alpha value is -4.38. The Kier molecular flexibility index (Phi) is 27.3. The summed E-state index contributed by atoms with van der Waals surface area (Å²) in [6, 6.07) is 0. The van der Waals surface area contributed by atoms with E-state index in [1.807, 2.05) is 20.8 Å². The van der Waals surface area contributed by atoms with E-state index in [1.165, 1.54) is 31.5 Å². The van der Waals surface area contributed by atoms with Gasteiger partial charge in [0, 0.05) is 52.7 Å². The topological polar surface area (TPSA) is 177 Å². The Labute approximate surface area is 443 Å². The molecule has 18 heteroatoms. The predicted octanol–water partition coefficient (Wildman–Crippen LogP) is 13.6. The first-order chi connectivity index (χ1) is 33.1. The summed E-state index contributed by atoms with van der Waals surface area (Å²) in [5, 5.41) is 0. The maximum Gasteiger partial charge on any atom is 0.413 e. The largest absolute Gasteiger partial charge is 0.444 e. The highest BCUT2D eigenvalue weighted by Crippen LogP contribution is 2.41. The molecule has 0 saturated carbocycles. The van der Waals surface area contributed by atoms with Crippen molar-refractivity contribution in [3.05, 3.63) is 0 Å². The standard InChI is InChI=1S/C55H106N6O12/c1-25-29-31-32-34-41(40-58(45(64)70-51(11,12)13)38-33-35-42(56(23)43(62)68-49(5,6)7)59(36-27-3)46(65)71-52(14,15)16)55(57(24)44(63)69-50(8,9)10,60(37-28-4)47(66)72-53(17,18)19)61(39-30-26-2)48(67)73-54(20,21)22/h41-42H,25-40H2,1-24H3. The van der Waals surface area contributed by atoms with Gasteiger partial charge in [-0.05, 0) is 163 Å². The van der Waals surface area contributed by atoms with Gasteiger partial charge in [0.1, 0.15) is 39.8 Å². The van der Waals surface area contributed by atoms with E-state index in [4.69, 9.17) is 28.4 Å². The second-order valence-electron chi connectivity index (χ2n) is 25.2. The minimum atomic E-state index is -2.04. The molecule has 0 aromatic carbocycles. The summed E-state index contributed by atoms with van der Waals surface area (Å²) in [6.45, 7) is 39.7. The molecule has 0 saturated heterocycles. The van der Waals surface area contributed by atoms with Crippen molar-refractivity contribution in [1.29, 1.82) is 0 Å². The number of ether oxygens (including phenoxy) is 6. The van der Waals surface area contributed by atoms with E-state index in [9.17, 15) is 14.4 Å². The summed E-state index contributed by atoms with van der Waals surface area (Å²) in [5.41, 5.74) is -5.67. The van der Waals surface area contributed by atoms with E-state index in [2.05, 4.69) is 6.92 Å². The zero-order chi connectivity index (χ0) is 57.1. The quantitative estimate of drug-likeness (QED) is 0.0508. The molecule has 18 nitrogen and oxygen atoms in total. The molecule has 0 radical (unpaired) electrons. The maximum absolute atomic E-state index is 15.3. The van der Waals surface area contributed by atoms with Crippen LogP contribution in [0.25, 0.3) is 0 Å². The first kappa shape index (κ1) is 68.6. The average molecular weight is 1040 g/mol. The zero-order valence-corrected chi connectivity index (χ0v) is 50.6. The lowest BCUT2D eigenvalue weighted by molar-refractivity contribution is -0.177. The van der Waals surface area contributed by atoms with Crippen molar-refractivity contribution in [1.82, 2.24) is 29.4 Å². The minimum absolute atomic E-state index is 0.0150. The van der Waals surface area contributed by atoms with Crippen LogP contribution in [0.3, 0.4) is 0 Å². The molecule has 0 aliphatic heterocycles. The first-order valence-electron chi connectivity index (χ1n) is 27.0. The molecule has 0 rings (SSSR count). The smallest absolute Gasteiger partial charge is 0.413 e. The Bertz CT molecular complexity index is 1720. The molecule has 0 aliphatic rings. The number of rotatable bonds is 24. The fourth-order valence-corrected chi connectivity index (χ4v) is 8.12. The number of nitrogens with zero attached hydrogens (tertiary/aromatic N) is 6. The van der Waals surface area contributed by atoms with Crippen LogP contribution in [0.15, 0.2) is 0 Å². The van der Waals surface area contributed by atoms with Crippen molar-refractivity contribution in [2.45, 2.75) is 269 Å². The summed E-state index contributed by atoms with van der Waals surface area (Å²) in [6.07, 6.45) is 0.613. The van der Waals surface area contributed by atoms with E-state index in [-0.39, 0.29) is 45.6 Å². The van der Waals surface area contributed by atoms with Crippen LogP contribution in [0.1, 0.15) is 223 Å². The Morgan fingerprint density at radius 1 is 0.384 bits per heavy atom. The van der Waals surface area contributed by atoms with Gasteiger partial charge in [-0.25, -0.2) is 28.8 Å². The molecule has 0 aromatic heterocycles. The predicted molar refractivity (Wildman–Crippen MR) is 288 cm³/mol. The molecule has 428 valence electrons. The molecule has 0 bridgehead atoms. The lowest BCUT2D eigenvalue weighted by atomic mass is 9.88. The van der Waals surface area contributed by atoms with E-state index in [0.29, 0.717) is 38.5 Å². The van der Waals surface area contributed by atoms with Gasteiger partial charge in [0.2, 0.25) is 5.79 Å². The third kappa shape index (κ3) is 25.1. The van der Waals surface area contributed by atoms with Crippen LogP contribution in [-0.4, -0.2) is 158 Å². The van der Waals surface area contributed by atoms with Crippen LogP contribution in [-0.2, 0) is 28.4 Å². The fraction of sp³-hybridized carbons (Fsp3) is 0.891. The molecule has 0 heterocycles. The van der Waals surface area contributed by atoms with Crippen LogP contribution in [0, 0.1) is 5.92 Å². The summed E-state index contributed by atoms with van der Waals surface area (Å²) < 4.78 is 36.5. The molecule has 0 aromatic rings. The minimum Gasteiger partial charge on any atom is -0.444 e. The molecule has 3 atom stereocenters. The van der Waals surface area contributed by atoms with E-state index >= 15 is 14.4 Å². The average Bonchev–Trinajstić information content (AvgIpc) is 3.18. The highest BCUT2D eigenvalue weighted by molar-refractivity contribution is 5.77. The summed E-state index contributed by atoms with van der Waals surface area (Å²) in [4.78, 5) is 97.1. The SMILES string of the molecule is CCCCCCC(CN(CCCC(N(C)C(=O)OC(C)(C)C)N(CCC)C(=O)OC(C)(C)C)C(=O)OC(C)(C)C)C(N(C)C(=O)OC(C)(C)C)(N(CCC)C(=O)OC(C)(C)C)N(CCCC)C(=O)OC(C)(C)C. The molecule has 0 N–H and O–H groups in total. The number of amides is 6. The monoisotopic (exact) mass is 1040 g/mol. The van der Waals surface area contributed by atoms with Crippen molar-refractivity contribution in [2.24, 2.45) is 5.92 Å². The molecule has 3 unspecified atom stereocenters. The summed E-state index contributed by atoms with van der Waals surface area (Å²) >= 11 is 0. The van der Waals surface area contributed by atoms with Crippen LogP contribution < -0.4 is 0 Å². The van der Waals surface area contributed by atoms with Gasteiger partial charge in [-0.3, -0.25) is 24.5 Å². The van der Waals surface area contributed by atoms with Crippen molar-refractivity contribution in [3.63, 3.8) is 0 Å². The second-order valence-corrected chi connectivity index (χ2v) is 25.2. The van der Waals surface area contributed by atoms with Gasteiger partial charge < -0.3 is 33.3 Å². The fourth-order valence-electron chi connectivity index (χ4n) is 8.12. The Morgan fingerprint density at radius 3 is 1.21 bits per heavy atom. The number of unbranched alkanes of at least 4 members (excludes halogenated alkanes) is 4. The highest BCUT2D eigenvalue weighted by atomic mass is 16.6. The van der Waals surface area contributed by atoms with Crippen molar-refractivity contribution in [2.75, 3.05) is 46.8 Å². The second kappa shape index (κ2) is 29.1. The van der Waals surface area contributed by atoms with Gasteiger partial charge in [-0.15, -0.1) is 0 Å². The van der Waals surface area contributed by atoms with Crippen LogP contribution >= 0.6 is 0 Å². The van der Waals surface area contributed by atoms with E-state index in [1.54, 1.807) is 137 Å². The lowest BCUT2D eigenvalue weighted by Gasteiger charge is -2.58. The lowest BCUT2D eigenvalue weighted by Crippen LogP contribution is -2.77. The summed E-state index contributed by atoms with van der Waals surface area (Å²) in [7, 11) is 3.10. The normalized spacial score (nSPS) is 14.1. The molecule has 0 fully saturated rings. The maximum atomic E-state index is 15.3. The van der Waals surface area contributed by atoms with Gasteiger partial charge in [0.15, 0.2) is 0 Å². The molecule has 6 amide bonds.